The molecule has 0 bridgehead atoms. The van der Waals surface area contributed by atoms with Gasteiger partial charge in [-0.3, -0.25) is 4.79 Å². The van der Waals surface area contributed by atoms with E-state index in [1.807, 2.05) is 0 Å². The number of rotatable bonds is 5. The van der Waals surface area contributed by atoms with Crippen LogP contribution in [0.3, 0.4) is 0 Å². The predicted octanol–water partition coefficient (Wildman–Crippen LogP) is 1.20. The molecule has 7 nitrogen and oxygen atoms in total. The summed E-state index contributed by atoms with van der Waals surface area (Å²) in [7, 11) is 2.98. The van der Waals surface area contributed by atoms with Gasteiger partial charge in [-0.15, -0.1) is 0 Å². The first-order valence-electron chi connectivity index (χ1n) is 5.84. The maximum absolute atomic E-state index is 12.1. The Morgan fingerprint density at radius 2 is 2.20 bits per heavy atom. The highest BCUT2D eigenvalue weighted by Crippen LogP contribution is 2.30. The highest BCUT2D eigenvalue weighted by Gasteiger charge is 2.16. The molecule has 1 amide bonds. The monoisotopic (exact) mass is 277 g/mol. The quantitative estimate of drug-likeness (QED) is 0.797. The number of carbonyl (C=O) groups excluding carboxylic acids is 1. The molecule has 1 aromatic carbocycles. The van der Waals surface area contributed by atoms with E-state index in [-0.39, 0.29) is 23.7 Å². The van der Waals surface area contributed by atoms with Crippen LogP contribution in [0.25, 0.3) is 0 Å². The molecule has 2 aromatic rings. The smallest absolute Gasteiger partial charge is 0.253 e. The third-order valence-electron chi connectivity index (χ3n) is 2.74. The molecule has 0 unspecified atom stereocenters. The molecule has 0 saturated carbocycles. The number of nitrogens with one attached hydrogen (secondary N) is 1. The Labute approximate surface area is 115 Å². The fourth-order valence-electron chi connectivity index (χ4n) is 1.67. The molecule has 0 spiro atoms. The molecule has 106 valence electrons. The van der Waals surface area contributed by atoms with Crippen molar-refractivity contribution in [2.24, 2.45) is 0 Å². The molecular weight excluding hydrogens is 262 g/mol. The standard InChI is InChI=1S/C13H15N3O4/c1-18-9-5-10(12(14)11(6-9)19-2)13(17)15-7-8-3-4-20-16-8/h3-6H,7,14H2,1-2H3,(H,15,17). The number of nitrogen functional groups attached to an aromatic ring is 1. The number of anilines is 1. The highest BCUT2D eigenvalue weighted by molar-refractivity contribution is 6.00. The zero-order valence-corrected chi connectivity index (χ0v) is 11.2. The summed E-state index contributed by atoms with van der Waals surface area (Å²) in [6, 6.07) is 4.83. The predicted molar refractivity (Wildman–Crippen MR) is 71.6 cm³/mol. The highest BCUT2D eigenvalue weighted by atomic mass is 16.5. The van der Waals surface area contributed by atoms with E-state index in [0.29, 0.717) is 17.2 Å². The van der Waals surface area contributed by atoms with Gasteiger partial charge in [0.1, 0.15) is 23.5 Å². The van der Waals surface area contributed by atoms with Crippen LogP contribution in [-0.4, -0.2) is 25.3 Å². The van der Waals surface area contributed by atoms with Crippen molar-refractivity contribution in [1.82, 2.24) is 10.5 Å². The number of nitrogens with zero attached hydrogens (tertiary/aromatic N) is 1. The molecule has 20 heavy (non-hydrogen) atoms. The van der Waals surface area contributed by atoms with Crippen molar-refractivity contribution in [1.29, 1.82) is 0 Å². The number of aromatic nitrogens is 1. The van der Waals surface area contributed by atoms with Crippen molar-refractivity contribution >= 4 is 11.6 Å². The lowest BCUT2D eigenvalue weighted by Crippen LogP contribution is -2.24. The van der Waals surface area contributed by atoms with Gasteiger partial charge in [0.2, 0.25) is 0 Å². The Hall–Kier alpha value is -2.70. The van der Waals surface area contributed by atoms with Crippen molar-refractivity contribution in [2.45, 2.75) is 6.54 Å². The van der Waals surface area contributed by atoms with Crippen molar-refractivity contribution in [3.63, 3.8) is 0 Å². The van der Waals surface area contributed by atoms with Crippen LogP contribution in [0.5, 0.6) is 11.5 Å². The summed E-state index contributed by atoms with van der Waals surface area (Å²) in [5.41, 5.74) is 7.05. The van der Waals surface area contributed by atoms with Crippen LogP contribution in [0.2, 0.25) is 0 Å². The van der Waals surface area contributed by atoms with E-state index in [4.69, 9.17) is 15.2 Å². The summed E-state index contributed by atoms with van der Waals surface area (Å²) in [5.74, 6) is 0.529. The van der Waals surface area contributed by atoms with E-state index >= 15 is 0 Å². The average molecular weight is 277 g/mol. The number of amides is 1. The van der Waals surface area contributed by atoms with Gasteiger partial charge in [-0.25, -0.2) is 0 Å². The molecule has 0 atom stereocenters. The molecule has 0 fully saturated rings. The minimum atomic E-state index is -0.345. The Kier molecular flexibility index (Phi) is 4.09. The maximum Gasteiger partial charge on any atom is 0.253 e. The summed E-state index contributed by atoms with van der Waals surface area (Å²) in [5, 5.41) is 6.39. The number of methoxy groups -OCH3 is 2. The zero-order chi connectivity index (χ0) is 14.5. The van der Waals surface area contributed by atoms with E-state index in [1.54, 1.807) is 18.2 Å². The number of carbonyl (C=O) groups is 1. The van der Waals surface area contributed by atoms with Gasteiger partial charge in [0.25, 0.3) is 5.91 Å². The number of nitrogens with two attached hydrogens (primary N) is 1. The van der Waals surface area contributed by atoms with Crippen LogP contribution in [0.4, 0.5) is 5.69 Å². The molecule has 7 heteroatoms. The lowest BCUT2D eigenvalue weighted by atomic mass is 10.1. The van der Waals surface area contributed by atoms with E-state index in [2.05, 4.69) is 15.0 Å². The first-order valence-corrected chi connectivity index (χ1v) is 5.84. The Morgan fingerprint density at radius 3 is 2.80 bits per heavy atom. The molecule has 0 radical (unpaired) electrons. The van der Waals surface area contributed by atoms with Crippen LogP contribution in [0.1, 0.15) is 16.1 Å². The molecule has 0 saturated heterocycles. The van der Waals surface area contributed by atoms with Crippen LogP contribution in [-0.2, 0) is 6.54 Å². The number of ether oxygens (including phenoxy) is 2. The first kappa shape index (κ1) is 13.7. The third kappa shape index (κ3) is 2.82. The molecule has 0 aliphatic heterocycles. The number of hydrogen-bond acceptors (Lipinski definition) is 6. The normalized spacial score (nSPS) is 10.1. The number of benzene rings is 1. The minimum absolute atomic E-state index is 0.244. The van der Waals surface area contributed by atoms with Crippen LogP contribution < -0.4 is 20.5 Å². The summed E-state index contributed by atoms with van der Waals surface area (Å²) in [4.78, 5) is 12.1. The lowest BCUT2D eigenvalue weighted by Gasteiger charge is -2.12. The van der Waals surface area contributed by atoms with Crippen molar-refractivity contribution in [2.75, 3.05) is 20.0 Å². The zero-order valence-electron chi connectivity index (χ0n) is 11.2. The Morgan fingerprint density at radius 1 is 1.40 bits per heavy atom. The number of hydrogen-bond donors (Lipinski definition) is 2. The van der Waals surface area contributed by atoms with Gasteiger partial charge in [0.05, 0.1) is 32.0 Å². The Balaban J connectivity index is 2.20. The maximum atomic E-state index is 12.1. The van der Waals surface area contributed by atoms with Crippen molar-refractivity contribution in [3.05, 3.63) is 35.7 Å². The lowest BCUT2D eigenvalue weighted by molar-refractivity contribution is 0.0950. The van der Waals surface area contributed by atoms with Crippen LogP contribution in [0.15, 0.2) is 29.0 Å². The second-order valence-corrected chi connectivity index (χ2v) is 3.96. The van der Waals surface area contributed by atoms with E-state index < -0.39 is 0 Å². The van der Waals surface area contributed by atoms with Gasteiger partial charge in [-0.1, -0.05) is 5.16 Å². The molecular formula is C13H15N3O4. The average Bonchev–Trinajstić information content (AvgIpc) is 2.98. The van der Waals surface area contributed by atoms with E-state index in [0.717, 1.165) is 0 Å². The van der Waals surface area contributed by atoms with E-state index in [9.17, 15) is 4.79 Å². The summed E-state index contributed by atoms with van der Waals surface area (Å²) >= 11 is 0. The van der Waals surface area contributed by atoms with E-state index in [1.165, 1.54) is 20.5 Å². The first-order chi connectivity index (χ1) is 9.65. The topological polar surface area (TPSA) is 99.6 Å². The molecule has 3 N–H and O–H groups in total. The molecule has 1 heterocycles. The molecule has 0 aliphatic rings. The van der Waals surface area contributed by atoms with Gasteiger partial charge in [-0.2, -0.15) is 0 Å². The van der Waals surface area contributed by atoms with Gasteiger partial charge >= 0.3 is 0 Å². The van der Waals surface area contributed by atoms with Crippen LogP contribution in [0, 0.1) is 0 Å². The van der Waals surface area contributed by atoms with Crippen molar-refractivity contribution < 1.29 is 18.8 Å². The SMILES string of the molecule is COc1cc(OC)c(N)c(C(=O)NCc2ccon2)c1. The van der Waals surface area contributed by atoms with Gasteiger partial charge < -0.3 is 25.0 Å². The summed E-state index contributed by atoms with van der Waals surface area (Å²) in [6.45, 7) is 0.244. The minimum Gasteiger partial charge on any atom is -0.497 e. The van der Waals surface area contributed by atoms with Crippen LogP contribution >= 0.6 is 0 Å². The van der Waals surface area contributed by atoms with Gasteiger partial charge in [0.15, 0.2) is 0 Å². The van der Waals surface area contributed by atoms with Crippen molar-refractivity contribution in [3.8, 4) is 11.5 Å². The Bertz CT molecular complexity index is 596. The van der Waals surface area contributed by atoms with Gasteiger partial charge in [-0.05, 0) is 6.07 Å². The molecule has 1 aromatic heterocycles. The summed E-state index contributed by atoms with van der Waals surface area (Å²) in [6.07, 6.45) is 1.43. The second kappa shape index (κ2) is 5.96. The molecule has 2 rings (SSSR count). The van der Waals surface area contributed by atoms with Gasteiger partial charge in [0, 0.05) is 12.1 Å². The fourth-order valence-corrected chi connectivity index (χ4v) is 1.67. The fraction of sp³-hybridized carbons (Fsp3) is 0.231. The molecule has 0 aliphatic carbocycles. The largest absolute Gasteiger partial charge is 0.497 e. The third-order valence-corrected chi connectivity index (χ3v) is 2.74. The second-order valence-electron chi connectivity index (χ2n) is 3.96. The summed E-state index contributed by atoms with van der Waals surface area (Å²) < 4.78 is 14.9.